The molecule has 0 N–H and O–H groups in total. The van der Waals surface area contributed by atoms with Crippen LogP contribution < -0.4 is 0 Å². The van der Waals surface area contributed by atoms with Gasteiger partial charge < -0.3 is 0 Å². The molecule has 8 heavy (non-hydrogen) atoms. The van der Waals surface area contributed by atoms with Gasteiger partial charge in [-0.15, -0.1) is 24.8 Å². The fourth-order valence-electron chi connectivity index (χ4n) is 0. The Bertz CT molecular complexity index is 12.0. The molecule has 0 spiro atoms. The lowest BCUT2D eigenvalue weighted by Gasteiger charge is -0.148. The van der Waals surface area contributed by atoms with Crippen molar-refractivity contribution in [1.29, 1.82) is 0 Å². The predicted octanol–water partition coefficient (Wildman–Crippen LogP) is 0.485. The second kappa shape index (κ2) is 384. The first-order chi connectivity index (χ1) is 0. The van der Waals surface area contributed by atoms with Crippen LogP contribution in [0.1, 0.15) is 29.7 Å². The maximum Gasteiger partial charge on any atom is -0.0149 e. The highest BCUT2D eigenvalue weighted by molar-refractivity contribution is 5.85. The zero-order valence-corrected chi connectivity index (χ0v) is 2.45. The van der Waals surface area contributed by atoms with Crippen LogP contribution in [-0.4, -0.2) is 21.9 Å². The number of halogens is 2. The van der Waals surface area contributed by atoms with Gasteiger partial charge in [0, 0.05) is 0 Å². The molecule has 0 saturated carbocycles. The van der Waals surface area contributed by atoms with Crippen molar-refractivity contribution in [3.63, 3.8) is 0 Å². The van der Waals surface area contributed by atoms with E-state index in [4.69, 9.17) is 0 Å². The summed E-state index contributed by atoms with van der Waals surface area (Å²) in [6, 6.07) is 0. The van der Waals surface area contributed by atoms with Crippen LogP contribution in [0.2, 0.25) is 0 Å². The van der Waals surface area contributed by atoms with E-state index in [-0.39, 0.29) is 76.5 Å². The summed E-state index contributed by atoms with van der Waals surface area (Å²) in [7, 11) is 0. The molecule has 0 aliphatic rings. The highest BCUT2D eigenvalue weighted by Crippen LogP contribution is 0.691. The van der Waals surface area contributed by atoms with Gasteiger partial charge >= 0.3 is 0 Å². The predicted molar refractivity (Wildman–Crippen MR) is 64.1 cm³/mol. The van der Waals surface area contributed by atoms with E-state index >= 15 is 0 Å². The first-order valence-corrected chi connectivity index (χ1v) is 0. The highest BCUT2D eigenvalue weighted by atomic mass is 35.5. The summed E-state index contributed by atoms with van der Waals surface area (Å²) in [5, 5.41) is 0. The van der Waals surface area contributed by atoms with Gasteiger partial charge in [0.15, 0.2) is 0 Å². The van der Waals surface area contributed by atoms with Crippen molar-refractivity contribution in [3.05, 3.63) is 0 Å². The second-order valence-electron chi connectivity index (χ2n) is 0. The Morgan fingerprint density at radius 3 is 0.375 bits per heavy atom. The summed E-state index contributed by atoms with van der Waals surface area (Å²) < 4.78 is 0. The quantitative estimate of drug-likeness (QED) is 0.500. The zero-order chi connectivity index (χ0) is 0. The van der Waals surface area contributed by atoms with Gasteiger partial charge in [0.25, 0.3) is 0 Å². The molecule has 0 aromatic rings. The summed E-state index contributed by atoms with van der Waals surface area (Å²) in [5.41, 5.74) is 0. The third-order valence-electron chi connectivity index (χ3n) is 0. The normalized spacial score (nSPS) is 0. The van der Waals surface area contributed by atoms with Crippen LogP contribution in [0.5, 0.6) is 0 Å². The highest BCUT2D eigenvalue weighted by Gasteiger charge is -0.0137. The van der Waals surface area contributed by atoms with Crippen LogP contribution in [0.4, 0.5) is 0 Å². The van der Waals surface area contributed by atoms with E-state index in [2.05, 4.69) is 0 Å². The molecule has 0 bridgehead atoms. The van der Waals surface area contributed by atoms with Gasteiger partial charge in [0.2, 0.25) is 0 Å². The minimum Gasteiger partial charge on any atom is -0.147 e. The lowest BCUT2D eigenvalue weighted by molar-refractivity contribution is 2.50. The number of hydrogen-bond acceptors (Lipinski definition) is 0. The van der Waals surface area contributed by atoms with Crippen molar-refractivity contribution in [2.75, 3.05) is 0 Å². The first kappa shape index (κ1) is 563. The minimum absolute atomic E-state index is 0. The molecule has 0 aliphatic heterocycles. The monoisotopic (exact) mass is 200 g/mol. The van der Waals surface area contributed by atoms with E-state index in [1.165, 1.54) is 0 Å². The molecule has 0 nitrogen and oxygen atoms in total. The molecule has 0 atom stereocenters. The summed E-state index contributed by atoms with van der Waals surface area (Å²) >= 11 is 0. The second-order valence-corrected chi connectivity index (χ2v) is 0. The Morgan fingerprint density at radius 1 is 0.375 bits per heavy atom. The van der Waals surface area contributed by atoms with E-state index in [0.29, 0.717) is 0 Å². The minimum atomic E-state index is 0. The van der Waals surface area contributed by atoms with Crippen LogP contribution >= 0.6 is 24.8 Å². The zero-order valence-electron chi connectivity index (χ0n) is 0.816. The van der Waals surface area contributed by atoms with E-state index < -0.39 is 0 Å². The van der Waals surface area contributed by atoms with Gasteiger partial charge in [-0.3, -0.25) is 0 Å². The Balaban J connectivity index is 0. The van der Waals surface area contributed by atoms with Gasteiger partial charge in [-0.25, -0.2) is 0 Å². The van der Waals surface area contributed by atoms with E-state index in [1.54, 1.807) is 0 Å². The average Bonchev–Trinajstić information content (AvgIpc) is 0. The van der Waals surface area contributed by atoms with Crippen molar-refractivity contribution >= 4 is 46.7 Å². The van der Waals surface area contributed by atoms with Crippen LogP contribution in [0.25, 0.3) is 0 Å². The fourth-order valence-corrected chi connectivity index (χ4v) is 0. The Kier molecular flexibility index (Phi) is 27000. The SMILES string of the molecule is C.C.C.C.Cl.Cl.[SiH4].[SiH4]. The van der Waals surface area contributed by atoms with Gasteiger partial charge in [0.05, 0.1) is 0 Å². The summed E-state index contributed by atoms with van der Waals surface area (Å²) in [5.74, 6) is 0. The topological polar surface area (TPSA) is 0 Å². The Labute approximate surface area is 76.7 Å². The lowest BCUT2D eigenvalue weighted by Crippen LogP contribution is -0.382. The molecular formula is C4H26Cl2Si2. The van der Waals surface area contributed by atoms with Crippen molar-refractivity contribution in [2.45, 2.75) is 29.7 Å². The van der Waals surface area contributed by atoms with Crippen LogP contribution in [0, 0.1) is 0 Å². The molecule has 0 radical (unpaired) electrons. The van der Waals surface area contributed by atoms with Gasteiger partial charge in [-0.2, -0.15) is 0 Å². The fraction of sp³-hybridized carbons (Fsp3) is 1.00. The van der Waals surface area contributed by atoms with Crippen LogP contribution in [-0.2, 0) is 0 Å². The molecule has 4 heteroatoms. The summed E-state index contributed by atoms with van der Waals surface area (Å²) in [6.07, 6.45) is 0. The molecule has 0 saturated heterocycles. The lowest BCUT2D eigenvalue weighted by atomic mass is 12.0. The van der Waals surface area contributed by atoms with Gasteiger partial charge in [0.1, 0.15) is 0 Å². The molecule has 0 unspecified atom stereocenters. The van der Waals surface area contributed by atoms with Crippen LogP contribution in [0.3, 0.4) is 0 Å². The largest absolute Gasteiger partial charge is 0.147 e. The Hall–Kier alpha value is 1.01. The maximum absolute atomic E-state index is 0. The van der Waals surface area contributed by atoms with E-state index in [1.807, 2.05) is 0 Å². The molecule has 0 heterocycles. The molecule has 0 fully saturated rings. The third kappa shape index (κ3) is 247. The maximum atomic E-state index is 0. The van der Waals surface area contributed by atoms with Gasteiger partial charge in [-0.1, -0.05) is 29.7 Å². The summed E-state index contributed by atoms with van der Waals surface area (Å²) in [4.78, 5) is 0. The first-order valence-electron chi connectivity index (χ1n) is 0. The standard InChI is InChI=1S/4CH4.2ClH.2H4Si/h4*1H4;2*1H;2*1H4. The third-order valence-corrected chi connectivity index (χ3v) is 0. The van der Waals surface area contributed by atoms with Crippen molar-refractivity contribution in [3.8, 4) is 0 Å². The molecule has 0 aromatic carbocycles. The molecule has 0 aliphatic carbocycles. The number of rotatable bonds is 0. The molecule has 0 amide bonds. The summed E-state index contributed by atoms with van der Waals surface area (Å²) in [6.45, 7) is 0. The molecule has 0 aromatic heterocycles. The van der Waals surface area contributed by atoms with Gasteiger partial charge in [-0.05, 0) is 21.9 Å². The average molecular weight is 201 g/mol. The molecule has 0 rings (SSSR count). The Morgan fingerprint density at radius 2 is 0.375 bits per heavy atom. The van der Waals surface area contributed by atoms with Crippen LogP contribution in [0.15, 0.2) is 0 Å². The van der Waals surface area contributed by atoms with Crippen molar-refractivity contribution < 1.29 is 0 Å². The van der Waals surface area contributed by atoms with Crippen molar-refractivity contribution in [1.82, 2.24) is 0 Å². The molecule has 64 valence electrons. The molecular weight excluding hydrogens is 175 g/mol. The smallest absolute Gasteiger partial charge is 0.0149 e. The van der Waals surface area contributed by atoms with Crippen molar-refractivity contribution in [2.24, 2.45) is 0 Å². The number of hydrogen-bond donors (Lipinski definition) is 0. The van der Waals surface area contributed by atoms with E-state index in [0.717, 1.165) is 0 Å². The van der Waals surface area contributed by atoms with E-state index in [9.17, 15) is 0 Å².